The number of anilines is 1. The molecule has 20 heavy (non-hydrogen) atoms. The second-order valence-electron chi connectivity index (χ2n) is 4.77. The molecule has 1 amide bonds. The minimum absolute atomic E-state index is 0.0531. The number of rotatable bonds is 5. The van der Waals surface area contributed by atoms with Gasteiger partial charge in [-0.05, 0) is 30.7 Å². The third kappa shape index (κ3) is 3.10. The molecular formula is C15H19NO4. The van der Waals surface area contributed by atoms with Crippen LogP contribution in [0.1, 0.15) is 19.8 Å². The SMILES string of the molecule is CCCOc1ccc(N2C[C@H](C(=O)OC)CC2=O)cc1. The van der Waals surface area contributed by atoms with Gasteiger partial charge < -0.3 is 14.4 Å². The number of benzene rings is 1. The fourth-order valence-corrected chi connectivity index (χ4v) is 2.22. The average molecular weight is 277 g/mol. The summed E-state index contributed by atoms with van der Waals surface area (Å²) >= 11 is 0. The average Bonchev–Trinajstić information content (AvgIpc) is 2.87. The van der Waals surface area contributed by atoms with Gasteiger partial charge in [-0.2, -0.15) is 0 Å². The summed E-state index contributed by atoms with van der Waals surface area (Å²) in [4.78, 5) is 25.1. The molecule has 0 unspecified atom stereocenters. The summed E-state index contributed by atoms with van der Waals surface area (Å²) in [5.74, 6) is 0.0293. The molecule has 0 spiro atoms. The number of esters is 1. The third-order valence-electron chi connectivity index (χ3n) is 3.28. The van der Waals surface area contributed by atoms with Crippen LogP contribution in [0.15, 0.2) is 24.3 Å². The van der Waals surface area contributed by atoms with E-state index in [1.165, 1.54) is 7.11 Å². The van der Waals surface area contributed by atoms with Gasteiger partial charge in [0.2, 0.25) is 5.91 Å². The molecule has 1 aromatic rings. The summed E-state index contributed by atoms with van der Waals surface area (Å²) in [7, 11) is 1.34. The van der Waals surface area contributed by atoms with Crippen molar-refractivity contribution in [3.05, 3.63) is 24.3 Å². The summed E-state index contributed by atoms with van der Waals surface area (Å²) in [5, 5.41) is 0. The maximum absolute atomic E-state index is 11.9. The van der Waals surface area contributed by atoms with E-state index in [4.69, 9.17) is 9.47 Å². The van der Waals surface area contributed by atoms with Crippen LogP contribution in [0.2, 0.25) is 0 Å². The molecular weight excluding hydrogens is 258 g/mol. The molecule has 0 N–H and O–H groups in total. The molecule has 0 aliphatic carbocycles. The fourth-order valence-electron chi connectivity index (χ4n) is 2.22. The van der Waals surface area contributed by atoms with E-state index < -0.39 is 0 Å². The smallest absolute Gasteiger partial charge is 0.311 e. The van der Waals surface area contributed by atoms with E-state index in [-0.39, 0.29) is 24.2 Å². The van der Waals surface area contributed by atoms with Crippen LogP contribution in [0.25, 0.3) is 0 Å². The lowest BCUT2D eigenvalue weighted by Gasteiger charge is -2.16. The molecule has 1 aromatic carbocycles. The highest BCUT2D eigenvalue weighted by Crippen LogP contribution is 2.27. The lowest BCUT2D eigenvalue weighted by molar-refractivity contribution is -0.145. The van der Waals surface area contributed by atoms with Gasteiger partial charge in [0.15, 0.2) is 0 Å². The van der Waals surface area contributed by atoms with Crippen LogP contribution in [-0.4, -0.2) is 32.1 Å². The number of carbonyl (C=O) groups is 2. The minimum Gasteiger partial charge on any atom is -0.494 e. The monoisotopic (exact) mass is 277 g/mol. The zero-order chi connectivity index (χ0) is 14.5. The highest BCUT2D eigenvalue weighted by molar-refractivity contribution is 5.99. The van der Waals surface area contributed by atoms with E-state index in [1.54, 1.807) is 4.90 Å². The van der Waals surface area contributed by atoms with Gasteiger partial charge in [-0.15, -0.1) is 0 Å². The molecule has 0 aromatic heterocycles. The maximum atomic E-state index is 11.9. The second kappa shape index (κ2) is 6.41. The highest BCUT2D eigenvalue weighted by atomic mass is 16.5. The maximum Gasteiger partial charge on any atom is 0.311 e. The Hall–Kier alpha value is -2.04. The van der Waals surface area contributed by atoms with Crippen LogP contribution in [0, 0.1) is 5.92 Å². The lowest BCUT2D eigenvalue weighted by Crippen LogP contribution is -2.26. The largest absolute Gasteiger partial charge is 0.494 e. The molecule has 1 saturated heterocycles. The first-order valence-corrected chi connectivity index (χ1v) is 6.76. The molecule has 108 valence electrons. The van der Waals surface area contributed by atoms with Gasteiger partial charge in [0.25, 0.3) is 0 Å². The van der Waals surface area contributed by atoms with Crippen LogP contribution >= 0.6 is 0 Å². The van der Waals surface area contributed by atoms with Crippen LogP contribution in [0.5, 0.6) is 5.75 Å². The molecule has 2 rings (SSSR count). The summed E-state index contributed by atoms with van der Waals surface area (Å²) < 4.78 is 10.2. The van der Waals surface area contributed by atoms with Crippen molar-refractivity contribution in [3.8, 4) is 5.75 Å². The van der Waals surface area contributed by atoms with Crippen molar-refractivity contribution in [2.24, 2.45) is 5.92 Å². The summed E-state index contributed by atoms with van der Waals surface area (Å²) in [6.45, 7) is 3.09. The molecule has 1 heterocycles. The first-order chi connectivity index (χ1) is 9.65. The van der Waals surface area contributed by atoms with Crippen molar-refractivity contribution in [1.29, 1.82) is 0 Å². The van der Waals surface area contributed by atoms with Crippen LogP contribution < -0.4 is 9.64 Å². The van der Waals surface area contributed by atoms with Crippen molar-refractivity contribution in [3.63, 3.8) is 0 Å². The van der Waals surface area contributed by atoms with Gasteiger partial charge in [0.05, 0.1) is 19.6 Å². The van der Waals surface area contributed by atoms with Crippen molar-refractivity contribution < 1.29 is 19.1 Å². The molecule has 5 heteroatoms. The van der Waals surface area contributed by atoms with Gasteiger partial charge in [0.1, 0.15) is 5.75 Å². The Morgan fingerprint density at radius 1 is 1.35 bits per heavy atom. The number of hydrogen-bond donors (Lipinski definition) is 0. The molecule has 1 aliphatic heterocycles. The Labute approximate surface area is 118 Å². The molecule has 0 bridgehead atoms. The molecule has 0 radical (unpaired) electrons. The summed E-state index contributed by atoms with van der Waals surface area (Å²) in [6, 6.07) is 7.35. The molecule has 1 fully saturated rings. The van der Waals surface area contributed by atoms with Crippen molar-refractivity contribution >= 4 is 17.6 Å². The Morgan fingerprint density at radius 2 is 2.05 bits per heavy atom. The van der Waals surface area contributed by atoms with E-state index in [9.17, 15) is 9.59 Å². The molecule has 1 atom stereocenters. The zero-order valence-corrected chi connectivity index (χ0v) is 11.8. The molecule has 1 aliphatic rings. The number of ether oxygens (including phenoxy) is 2. The molecule has 5 nitrogen and oxygen atoms in total. The van der Waals surface area contributed by atoms with Gasteiger partial charge in [-0.3, -0.25) is 9.59 Å². The minimum atomic E-state index is -0.372. The first kappa shape index (κ1) is 14.4. The number of hydrogen-bond acceptors (Lipinski definition) is 4. The Morgan fingerprint density at radius 3 is 2.65 bits per heavy atom. The second-order valence-corrected chi connectivity index (χ2v) is 4.77. The number of carbonyl (C=O) groups excluding carboxylic acids is 2. The molecule has 0 saturated carbocycles. The number of methoxy groups -OCH3 is 1. The van der Waals surface area contributed by atoms with Gasteiger partial charge in [-0.25, -0.2) is 0 Å². The van der Waals surface area contributed by atoms with E-state index in [1.807, 2.05) is 31.2 Å². The Balaban J connectivity index is 2.04. The van der Waals surface area contributed by atoms with Gasteiger partial charge >= 0.3 is 5.97 Å². The number of amides is 1. The predicted octanol–water partition coefficient (Wildman–Crippen LogP) is 2.00. The van der Waals surface area contributed by atoms with E-state index in [0.29, 0.717) is 13.2 Å². The quantitative estimate of drug-likeness (QED) is 0.772. The zero-order valence-electron chi connectivity index (χ0n) is 11.8. The van der Waals surface area contributed by atoms with Gasteiger partial charge in [-0.1, -0.05) is 6.92 Å². The predicted molar refractivity (Wildman–Crippen MR) is 74.7 cm³/mol. The van der Waals surface area contributed by atoms with Crippen LogP contribution in [0.3, 0.4) is 0 Å². The van der Waals surface area contributed by atoms with E-state index in [2.05, 4.69) is 0 Å². The summed E-state index contributed by atoms with van der Waals surface area (Å²) in [5.41, 5.74) is 0.783. The van der Waals surface area contributed by atoms with Crippen LogP contribution in [-0.2, 0) is 14.3 Å². The topological polar surface area (TPSA) is 55.8 Å². The first-order valence-electron chi connectivity index (χ1n) is 6.76. The van der Waals surface area contributed by atoms with Crippen LogP contribution in [0.4, 0.5) is 5.69 Å². The summed E-state index contributed by atoms with van der Waals surface area (Å²) in [6.07, 6.45) is 1.16. The Bertz CT molecular complexity index is 483. The van der Waals surface area contributed by atoms with Crippen molar-refractivity contribution in [2.75, 3.05) is 25.2 Å². The fraction of sp³-hybridized carbons (Fsp3) is 0.467. The number of nitrogens with zero attached hydrogens (tertiary/aromatic N) is 1. The van der Waals surface area contributed by atoms with Crippen molar-refractivity contribution in [1.82, 2.24) is 0 Å². The lowest BCUT2D eigenvalue weighted by atomic mass is 10.1. The van der Waals surface area contributed by atoms with E-state index >= 15 is 0 Å². The van der Waals surface area contributed by atoms with E-state index in [0.717, 1.165) is 17.9 Å². The van der Waals surface area contributed by atoms with Gasteiger partial charge in [0, 0.05) is 18.7 Å². The highest BCUT2D eigenvalue weighted by Gasteiger charge is 2.35. The van der Waals surface area contributed by atoms with Crippen molar-refractivity contribution in [2.45, 2.75) is 19.8 Å². The third-order valence-corrected chi connectivity index (χ3v) is 3.28. The standard InChI is InChI=1S/C15H19NO4/c1-3-8-20-13-6-4-12(5-7-13)16-10-11(9-14(16)17)15(18)19-2/h4-7,11H,3,8-10H2,1-2H3/t11-/m1/s1. The normalized spacial score (nSPS) is 18.2. The Kier molecular flexibility index (Phi) is 4.61.